The number of allylic oxidation sites excluding steroid dienone is 2. The molecule has 0 radical (unpaired) electrons. The van der Waals surface area contributed by atoms with E-state index in [9.17, 15) is 0 Å². The summed E-state index contributed by atoms with van der Waals surface area (Å²) >= 11 is 2.46. The molecule has 0 nitrogen and oxygen atoms in total. The molecule has 0 amide bonds. The van der Waals surface area contributed by atoms with Gasteiger partial charge in [-0.05, 0) is 108 Å². The molecule has 0 N–H and O–H groups in total. The molecular weight excluding hydrogens is 427 g/mol. The van der Waals surface area contributed by atoms with Crippen LogP contribution in [0.2, 0.25) is 0 Å². The first kappa shape index (κ1) is 16.3. The molecule has 128 valence electrons. The second kappa shape index (κ2) is 6.38. The molecule has 1 heteroatoms. The van der Waals surface area contributed by atoms with Crippen LogP contribution in [0.4, 0.5) is 0 Å². The van der Waals surface area contributed by atoms with Gasteiger partial charge in [-0.2, -0.15) is 0 Å². The lowest BCUT2D eigenvalue weighted by atomic mass is 9.84. The summed E-state index contributed by atoms with van der Waals surface area (Å²) < 4.78 is 1.46. The van der Waals surface area contributed by atoms with Crippen molar-refractivity contribution in [2.45, 2.75) is 32.1 Å². The Morgan fingerprint density at radius 1 is 0.885 bits per heavy atom. The maximum Gasteiger partial charge on any atom is -0.00847 e. The van der Waals surface area contributed by atoms with Gasteiger partial charge in [0.1, 0.15) is 0 Å². The zero-order valence-electron chi connectivity index (χ0n) is 14.9. The molecule has 0 heterocycles. The molecule has 0 fully saturated rings. The summed E-state index contributed by atoms with van der Waals surface area (Å²) in [5.74, 6) is 0.600. The van der Waals surface area contributed by atoms with Gasteiger partial charge in [0.15, 0.2) is 0 Å². The van der Waals surface area contributed by atoms with E-state index in [4.69, 9.17) is 0 Å². The fraction of sp³-hybridized carbons (Fsp3) is 0.200. The highest BCUT2D eigenvalue weighted by atomic mass is 127. The quantitative estimate of drug-likeness (QED) is 0.334. The Hall–Kier alpha value is -1.87. The largest absolute Gasteiger partial charge is 0.0833 e. The standard InChI is InChI=1S/C25H21I/c1-16-3-2-4-17-5-8-22-14-20(10-12-24(22)25(16)17)18-6-7-21-15-23(26)11-9-19(21)13-18/h2,4-8,10,12-16H,3,9,11H2,1H3/t16-/m0/s1. The van der Waals surface area contributed by atoms with Crippen molar-refractivity contribution in [2.75, 3.05) is 0 Å². The van der Waals surface area contributed by atoms with Crippen LogP contribution in [0.3, 0.4) is 0 Å². The fourth-order valence-electron chi connectivity index (χ4n) is 4.40. The van der Waals surface area contributed by atoms with Crippen molar-refractivity contribution in [3.8, 4) is 11.1 Å². The number of benzene rings is 3. The summed E-state index contributed by atoms with van der Waals surface area (Å²) in [4.78, 5) is 0. The summed E-state index contributed by atoms with van der Waals surface area (Å²) in [5, 5.41) is 2.77. The molecule has 0 aliphatic heterocycles. The summed E-state index contributed by atoms with van der Waals surface area (Å²) in [7, 11) is 0. The lowest BCUT2D eigenvalue weighted by molar-refractivity contribution is 0.779. The van der Waals surface area contributed by atoms with Gasteiger partial charge < -0.3 is 0 Å². The first-order valence-corrected chi connectivity index (χ1v) is 10.5. The van der Waals surface area contributed by atoms with E-state index in [2.05, 4.69) is 96.3 Å². The topological polar surface area (TPSA) is 0 Å². The normalized spacial score (nSPS) is 18.4. The highest BCUT2D eigenvalue weighted by Crippen LogP contribution is 2.37. The average Bonchev–Trinajstić information content (AvgIpc) is 2.67. The molecule has 0 spiro atoms. The minimum absolute atomic E-state index is 0.600. The first-order chi connectivity index (χ1) is 12.7. The Labute approximate surface area is 168 Å². The summed E-state index contributed by atoms with van der Waals surface area (Å²) in [5.41, 5.74) is 8.43. The van der Waals surface area contributed by atoms with Crippen LogP contribution in [0.15, 0.2) is 58.2 Å². The molecule has 3 aromatic rings. The lowest BCUT2D eigenvalue weighted by Crippen LogP contribution is -2.01. The van der Waals surface area contributed by atoms with E-state index in [0.29, 0.717) is 5.92 Å². The second-order valence-electron chi connectivity index (χ2n) is 7.55. The van der Waals surface area contributed by atoms with Gasteiger partial charge >= 0.3 is 0 Å². The Kier molecular flexibility index (Phi) is 4.00. The van der Waals surface area contributed by atoms with E-state index >= 15 is 0 Å². The van der Waals surface area contributed by atoms with E-state index in [1.165, 1.54) is 54.2 Å². The van der Waals surface area contributed by atoms with Crippen LogP contribution in [0.25, 0.3) is 34.1 Å². The number of hydrogen-bond donors (Lipinski definition) is 0. The zero-order valence-corrected chi connectivity index (χ0v) is 17.1. The van der Waals surface area contributed by atoms with Gasteiger partial charge in [0.2, 0.25) is 0 Å². The molecule has 5 rings (SSSR count). The molecule has 2 aliphatic carbocycles. The lowest BCUT2D eigenvalue weighted by Gasteiger charge is -2.21. The molecular formula is C25H21I. The summed E-state index contributed by atoms with van der Waals surface area (Å²) in [6, 6.07) is 18.5. The molecule has 0 saturated heterocycles. The Morgan fingerprint density at radius 3 is 2.62 bits per heavy atom. The zero-order chi connectivity index (χ0) is 17.7. The van der Waals surface area contributed by atoms with Gasteiger partial charge in [0.05, 0.1) is 0 Å². The monoisotopic (exact) mass is 448 g/mol. The van der Waals surface area contributed by atoms with Crippen molar-refractivity contribution in [1.82, 2.24) is 0 Å². The van der Waals surface area contributed by atoms with E-state index in [1.54, 1.807) is 0 Å². The third kappa shape index (κ3) is 2.73. The predicted octanol–water partition coefficient (Wildman–Crippen LogP) is 7.75. The molecule has 0 aromatic heterocycles. The molecule has 2 aliphatic rings. The number of fused-ring (bicyclic) bond motifs is 4. The second-order valence-corrected chi connectivity index (χ2v) is 8.93. The number of hydrogen-bond acceptors (Lipinski definition) is 0. The molecule has 3 aromatic carbocycles. The van der Waals surface area contributed by atoms with Crippen LogP contribution >= 0.6 is 22.6 Å². The highest BCUT2D eigenvalue weighted by molar-refractivity contribution is 14.1. The molecule has 0 saturated carbocycles. The van der Waals surface area contributed by atoms with Crippen molar-refractivity contribution >= 4 is 45.5 Å². The van der Waals surface area contributed by atoms with Gasteiger partial charge in [-0.3, -0.25) is 0 Å². The predicted molar refractivity (Wildman–Crippen MR) is 122 cm³/mol. The smallest absolute Gasteiger partial charge is 0.00847 e. The van der Waals surface area contributed by atoms with Crippen molar-refractivity contribution in [2.24, 2.45) is 0 Å². The van der Waals surface area contributed by atoms with Crippen molar-refractivity contribution < 1.29 is 0 Å². The fourth-order valence-corrected chi connectivity index (χ4v) is 5.01. The maximum absolute atomic E-state index is 2.46. The molecule has 26 heavy (non-hydrogen) atoms. The van der Waals surface area contributed by atoms with E-state index in [1.807, 2.05) is 0 Å². The number of halogens is 1. The van der Waals surface area contributed by atoms with Gasteiger partial charge in [-0.25, -0.2) is 0 Å². The third-order valence-electron chi connectivity index (χ3n) is 5.80. The minimum atomic E-state index is 0.600. The van der Waals surface area contributed by atoms with E-state index < -0.39 is 0 Å². The molecule has 0 unspecified atom stereocenters. The number of rotatable bonds is 1. The van der Waals surface area contributed by atoms with E-state index in [0.717, 1.165) is 12.8 Å². The van der Waals surface area contributed by atoms with Crippen molar-refractivity contribution in [1.29, 1.82) is 0 Å². The van der Waals surface area contributed by atoms with Crippen LogP contribution in [-0.2, 0) is 6.42 Å². The minimum Gasteiger partial charge on any atom is -0.0833 e. The van der Waals surface area contributed by atoms with Crippen LogP contribution in [0.5, 0.6) is 0 Å². The average molecular weight is 448 g/mol. The summed E-state index contributed by atoms with van der Waals surface area (Å²) in [6.07, 6.45) is 10.4. The third-order valence-corrected chi connectivity index (χ3v) is 6.65. The Bertz CT molecular complexity index is 1080. The van der Waals surface area contributed by atoms with Crippen molar-refractivity contribution in [3.63, 3.8) is 0 Å². The van der Waals surface area contributed by atoms with Crippen LogP contribution in [0, 0.1) is 0 Å². The Balaban J connectivity index is 1.62. The summed E-state index contributed by atoms with van der Waals surface area (Å²) in [6.45, 7) is 2.34. The Morgan fingerprint density at radius 2 is 1.69 bits per heavy atom. The van der Waals surface area contributed by atoms with Crippen LogP contribution < -0.4 is 0 Å². The van der Waals surface area contributed by atoms with Gasteiger partial charge in [-0.15, -0.1) is 0 Å². The van der Waals surface area contributed by atoms with Gasteiger partial charge in [0, 0.05) is 0 Å². The van der Waals surface area contributed by atoms with Crippen LogP contribution in [-0.4, -0.2) is 0 Å². The maximum atomic E-state index is 2.46. The molecule has 1 atom stereocenters. The van der Waals surface area contributed by atoms with Crippen molar-refractivity contribution in [3.05, 3.63) is 80.4 Å². The number of aryl methyl sites for hydroxylation is 1. The molecule has 0 bridgehead atoms. The van der Waals surface area contributed by atoms with Gasteiger partial charge in [-0.1, -0.05) is 61.5 Å². The SMILES string of the molecule is C[C@H]1CC=Cc2ccc3cc(-c4ccc5c(c4)CCC(I)=C5)ccc3c21. The van der Waals surface area contributed by atoms with E-state index in [-0.39, 0.29) is 0 Å². The highest BCUT2D eigenvalue weighted by Gasteiger charge is 2.16. The van der Waals surface area contributed by atoms with Gasteiger partial charge in [0.25, 0.3) is 0 Å². The van der Waals surface area contributed by atoms with Crippen LogP contribution in [0.1, 0.15) is 47.9 Å². The first-order valence-electron chi connectivity index (χ1n) is 9.41.